The molecule has 0 aromatic carbocycles. The first-order valence-electron chi connectivity index (χ1n) is 11.1. The number of ether oxygens (including phenoxy) is 1. The maximum Gasteiger partial charge on any atom is 0.331 e. The predicted octanol–water partition coefficient (Wildman–Crippen LogP) is 2.22. The zero-order valence-corrected chi connectivity index (χ0v) is 17.1. The summed E-state index contributed by atoms with van der Waals surface area (Å²) < 4.78 is 5.16. The van der Waals surface area contributed by atoms with Crippen LogP contribution in [0.5, 0.6) is 0 Å². The molecule has 5 rings (SSSR count). The molecule has 5 aliphatic rings. The van der Waals surface area contributed by atoms with Crippen molar-refractivity contribution in [1.82, 2.24) is 0 Å². The van der Waals surface area contributed by atoms with E-state index in [1.165, 1.54) is 0 Å². The Hall–Kier alpha value is -1.42. The molecule has 8 atom stereocenters. The molecule has 4 aliphatic carbocycles. The Labute approximate surface area is 171 Å². The number of esters is 1. The van der Waals surface area contributed by atoms with E-state index >= 15 is 0 Å². The Morgan fingerprint density at radius 2 is 1.86 bits per heavy atom. The molecular weight excluding hydrogens is 370 g/mol. The fraction of sp³-hybridized carbons (Fsp3) is 0.826. The van der Waals surface area contributed by atoms with Crippen LogP contribution < -0.4 is 0 Å². The van der Waals surface area contributed by atoms with E-state index in [1.54, 1.807) is 6.08 Å². The number of cyclic esters (lactones) is 1. The van der Waals surface area contributed by atoms with E-state index in [9.17, 15) is 25.4 Å². The topological polar surface area (TPSA) is 111 Å². The summed E-state index contributed by atoms with van der Waals surface area (Å²) in [6.45, 7) is 2.47. The average molecular weight is 402 g/mol. The highest BCUT2D eigenvalue weighted by Crippen LogP contribution is 2.70. The highest BCUT2D eigenvalue weighted by Gasteiger charge is 2.71. The van der Waals surface area contributed by atoms with Crippen molar-refractivity contribution in [3.63, 3.8) is 0 Å². The zero-order chi connectivity index (χ0) is 20.7. The van der Waals surface area contributed by atoms with Gasteiger partial charge in [0.15, 0.2) is 0 Å². The Bertz CT molecular complexity index is 819. The zero-order valence-electron chi connectivity index (χ0n) is 17.1. The van der Waals surface area contributed by atoms with Gasteiger partial charge < -0.3 is 20.1 Å². The third-order valence-electron chi connectivity index (χ3n) is 9.75. The van der Waals surface area contributed by atoms with Crippen molar-refractivity contribution in [2.24, 2.45) is 28.6 Å². The van der Waals surface area contributed by atoms with E-state index in [4.69, 9.17) is 4.74 Å². The highest BCUT2D eigenvalue weighted by atomic mass is 16.5. The van der Waals surface area contributed by atoms with Crippen molar-refractivity contribution in [3.05, 3.63) is 11.6 Å². The molecule has 0 amide bonds. The first kappa shape index (κ1) is 19.5. The monoisotopic (exact) mass is 401 g/mol. The van der Waals surface area contributed by atoms with Gasteiger partial charge in [0.25, 0.3) is 0 Å². The van der Waals surface area contributed by atoms with E-state index in [-0.39, 0.29) is 35.6 Å². The number of fused-ring (bicyclic) bond motifs is 5. The van der Waals surface area contributed by atoms with Gasteiger partial charge >= 0.3 is 5.97 Å². The molecule has 0 saturated heterocycles. The number of aliphatic hydroxyl groups excluding tert-OH is 1. The maximum atomic E-state index is 12.1. The molecular formula is C23H31NO5. The predicted molar refractivity (Wildman–Crippen MR) is 103 cm³/mol. The van der Waals surface area contributed by atoms with Crippen LogP contribution in [0, 0.1) is 39.9 Å². The lowest BCUT2D eigenvalue weighted by atomic mass is 9.41. The van der Waals surface area contributed by atoms with E-state index in [0.29, 0.717) is 38.7 Å². The molecule has 0 unspecified atom stereocenters. The van der Waals surface area contributed by atoms with Crippen LogP contribution >= 0.6 is 0 Å². The fourth-order valence-corrected chi connectivity index (χ4v) is 8.27. The summed E-state index contributed by atoms with van der Waals surface area (Å²) in [5.41, 5.74) is -2.33. The number of hydrogen-bond acceptors (Lipinski definition) is 6. The van der Waals surface area contributed by atoms with Gasteiger partial charge in [-0.15, -0.1) is 0 Å². The van der Waals surface area contributed by atoms with Gasteiger partial charge in [-0.3, -0.25) is 0 Å². The number of rotatable bonds is 1. The molecule has 158 valence electrons. The Morgan fingerprint density at radius 3 is 2.55 bits per heavy atom. The van der Waals surface area contributed by atoms with E-state index in [2.05, 4.69) is 13.0 Å². The van der Waals surface area contributed by atoms with Crippen LogP contribution in [0.4, 0.5) is 0 Å². The molecule has 0 bridgehead atoms. The van der Waals surface area contributed by atoms with Gasteiger partial charge in [-0.1, -0.05) is 6.92 Å². The Balaban J connectivity index is 1.52. The minimum absolute atomic E-state index is 0.0416. The molecule has 6 nitrogen and oxygen atoms in total. The van der Waals surface area contributed by atoms with Crippen LogP contribution in [-0.2, 0) is 9.53 Å². The van der Waals surface area contributed by atoms with Crippen LogP contribution in [0.15, 0.2) is 11.6 Å². The molecule has 0 aromatic heterocycles. The second-order valence-corrected chi connectivity index (χ2v) is 10.6. The number of carbonyl (C=O) groups excluding carboxylic acids is 1. The Kier molecular flexibility index (Phi) is 4.08. The second kappa shape index (κ2) is 6.06. The maximum absolute atomic E-state index is 12.1. The summed E-state index contributed by atoms with van der Waals surface area (Å²) >= 11 is 0. The second-order valence-electron chi connectivity index (χ2n) is 10.6. The van der Waals surface area contributed by atoms with Crippen molar-refractivity contribution in [3.8, 4) is 6.07 Å². The molecule has 0 spiro atoms. The number of nitriles is 1. The van der Waals surface area contributed by atoms with Crippen molar-refractivity contribution < 1.29 is 24.9 Å². The highest BCUT2D eigenvalue weighted by molar-refractivity contribution is 5.85. The Morgan fingerprint density at radius 1 is 1.10 bits per heavy atom. The SMILES string of the molecule is C[C@]12CC[C@@H]3[C@H](CC[C@@]4(O)C[C@@H](O)CC[C@]34C#N)[C@]1(O)CC[C@H]2C1=CC(=O)OC1. The summed E-state index contributed by atoms with van der Waals surface area (Å²) in [5, 5.41) is 44.0. The first-order chi connectivity index (χ1) is 13.7. The van der Waals surface area contributed by atoms with Gasteiger partial charge in [-0.05, 0) is 74.7 Å². The number of hydrogen-bond donors (Lipinski definition) is 3. The quantitative estimate of drug-likeness (QED) is 0.581. The lowest BCUT2D eigenvalue weighted by Gasteiger charge is -2.64. The first-order valence-corrected chi connectivity index (χ1v) is 11.1. The van der Waals surface area contributed by atoms with Crippen LogP contribution in [0.2, 0.25) is 0 Å². The van der Waals surface area contributed by atoms with Crippen LogP contribution in [0.1, 0.15) is 64.7 Å². The van der Waals surface area contributed by atoms with Crippen LogP contribution in [-0.4, -0.2) is 45.2 Å². The van der Waals surface area contributed by atoms with Crippen molar-refractivity contribution in [1.29, 1.82) is 5.26 Å². The van der Waals surface area contributed by atoms with Gasteiger partial charge in [0, 0.05) is 17.9 Å². The third kappa shape index (κ3) is 2.30. The fourth-order valence-electron chi connectivity index (χ4n) is 8.27. The van der Waals surface area contributed by atoms with Crippen molar-refractivity contribution >= 4 is 5.97 Å². The van der Waals surface area contributed by atoms with E-state index in [0.717, 1.165) is 24.8 Å². The molecule has 1 heterocycles. The molecule has 0 aromatic rings. The standard InChI is InChI=1S/C23H31NO5/c1-20-6-3-17-18(4-8-22(27)11-15(25)2-7-21(17,22)13-24)23(20,28)9-5-16(20)14-10-19(26)29-12-14/h10,15-18,25,27-28H,2-9,11-12H2,1H3/t15-,16-,17+,18-,20+,21-,22+,23+/m0/s1. The summed E-state index contributed by atoms with van der Waals surface area (Å²) in [6, 6.07) is 2.51. The third-order valence-corrected chi connectivity index (χ3v) is 9.75. The molecule has 6 heteroatoms. The number of aliphatic hydroxyl groups is 3. The van der Waals surface area contributed by atoms with Crippen molar-refractivity contribution in [2.75, 3.05) is 6.61 Å². The van der Waals surface area contributed by atoms with Gasteiger partial charge in [0.1, 0.15) is 6.61 Å². The molecule has 29 heavy (non-hydrogen) atoms. The van der Waals surface area contributed by atoms with E-state index < -0.39 is 22.7 Å². The largest absolute Gasteiger partial charge is 0.458 e. The lowest BCUT2D eigenvalue weighted by molar-refractivity contribution is -0.242. The molecule has 1 aliphatic heterocycles. The minimum Gasteiger partial charge on any atom is -0.458 e. The molecule has 0 radical (unpaired) electrons. The summed E-state index contributed by atoms with van der Waals surface area (Å²) in [5.74, 6) is -0.280. The van der Waals surface area contributed by atoms with Gasteiger partial charge in [0.05, 0.1) is 28.8 Å². The average Bonchev–Trinajstić information content (AvgIpc) is 3.21. The van der Waals surface area contributed by atoms with Crippen LogP contribution in [0.25, 0.3) is 0 Å². The van der Waals surface area contributed by atoms with Gasteiger partial charge in [-0.2, -0.15) is 5.26 Å². The summed E-state index contributed by atoms with van der Waals surface area (Å²) in [7, 11) is 0. The van der Waals surface area contributed by atoms with E-state index in [1.807, 2.05) is 0 Å². The minimum atomic E-state index is -1.17. The van der Waals surface area contributed by atoms with Crippen LogP contribution in [0.3, 0.4) is 0 Å². The lowest BCUT2D eigenvalue weighted by Crippen LogP contribution is -2.67. The summed E-state index contributed by atoms with van der Waals surface area (Å²) in [4.78, 5) is 11.6. The summed E-state index contributed by atoms with van der Waals surface area (Å²) in [6.07, 6.45) is 6.48. The molecule has 3 N–H and O–H groups in total. The molecule has 4 fully saturated rings. The van der Waals surface area contributed by atoms with Crippen molar-refractivity contribution in [2.45, 2.75) is 82.0 Å². The number of nitrogens with zero attached hydrogens (tertiary/aromatic N) is 1. The smallest absolute Gasteiger partial charge is 0.331 e. The number of carbonyl (C=O) groups is 1. The molecule has 4 saturated carbocycles. The van der Waals surface area contributed by atoms with Gasteiger partial charge in [0.2, 0.25) is 0 Å². The normalized spacial score (nSPS) is 53.9. The van der Waals surface area contributed by atoms with Gasteiger partial charge in [-0.25, -0.2) is 4.79 Å².